The van der Waals surface area contributed by atoms with Gasteiger partial charge in [-0.15, -0.1) is 0 Å². The summed E-state index contributed by atoms with van der Waals surface area (Å²) in [5.41, 5.74) is 0.0350. The van der Waals surface area contributed by atoms with Crippen LogP contribution in [0.25, 0.3) is 0 Å². The van der Waals surface area contributed by atoms with Crippen molar-refractivity contribution in [2.75, 3.05) is 18.9 Å². The minimum Gasteiger partial charge on any atom is -0.493 e. The first-order chi connectivity index (χ1) is 11.4. The van der Waals surface area contributed by atoms with Gasteiger partial charge in [-0.2, -0.15) is 0 Å². The summed E-state index contributed by atoms with van der Waals surface area (Å²) in [4.78, 5) is 10.4. The number of benzene rings is 2. The van der Waals surface area contributed by atoms with Crippen molar-refractivity contribution in [2.24, 2.45) is 0 Å². The molecule has 0 saturated carbocycles. The Hall–Kier alpha value is -2.81. The van der Waals surface area contributed by atoms with Crippen LogP contribution in [0.3, 0.4) is 0 Å². The number of anilines is 1. The second-order valence-corrected chi connectivity index (χ2v) is 6.51. The Labute approximate surface area is 139 Å². The number of nitro benzene ring substituents is 1. The van der Waals surface area contributed by atoms with Gasteiger partial charge in [-0.25, -0.2) is 8.42 Å². The summed E-state index contributed by atoms with van der Waals surface area (Å²) in [6.07, 6.45) is 0. The van der Waals surface area contributed by atoms with E-state index in [-0.39, 0.29) is 22.7 Å². The molecule has 2 aromatic rings. The molecule has 2 rings (SSSR count). The summed E-state index contributed by atoms with van der Waals surface area (Å²) in [6, 6.07) is 10.4. The van der Waals surface area contributed by atoms with Crippen LogP contribution in [-0.4, -0.2) is 27.6 Å². The first kappa shape index (κ1) is 17.5. The highest BCUT2D eigenvalue weighted by Crippen LogP contribution is 2.35. The van der Waals surface area contributed by atoms with Crippen LogP contribution in [0.1, 0.15) is 5.56 Å². The van der Waals surface area contributed by atoms with E-state index in [1.807, 2.05) is 0 Å². The summed E-state index contributed by atoms with van der Waals surface area (Å²) in [5.74, 6) is 0.0550. The highest BCUT2D eigenvalue weighted by Gasteiger charge is 2.21. The van der Waals surface area contributed by atoms with Gasteiger partial charge in [-0.05, 0) is 12.1 Å². The van der Waals surface area contributed by atoms with Gasteiger partial charge in [0, 0.05) is 11.6 Å². The van der Waals surface area contributed by atoms with Gasteiger partial charge in [0.1, 0.15) is 5.75 Å². The molecular weight excluding hydrogens is 336 g/mol. The number of hydrogen-bond acceptors (Lipinski definition) is 6. The third-order valence-corrected chi connectivity index (χ3v) is 4.42. The van der Waals surface area contributed by atoms with Gasteiger partial charge in [0.2, 0.25) is 10.0 Å². The molecule has 0 saturated heterocycles. The molecule has 0 radical (unpaired) electrons. The predicted octanol–water partition coefficient (Wildman–Crippen LogP) is 2.55. The molecule has 8 nitrogen and oxygen atoms in total. The number of methoxy groups -OCH3 is 2. The van der Waals surface area contributed by atoms with Crippen molar-refractivity contribution in [1.82, 2.24) is 0 Å². The molecule has 0 aliphatic rings. The van der Waals surface area contributed by atoms with E-state index in [0.29, 0.717) is 5.75 Å². The second kappa shape index (κ2) is 7.18. The van der Waals surface area contributed by atoms with Gasteiger partial charge < -0.3 is 9.47 Å². The van der Waals surface area contributed by atoms with Gasteiger partial charge in [0.05, 0.1) is 24.8 Å². The molecule has 0 aromatic heterocycles. The minimum atomic E-state index is -3.89. The number of rotatable bonds is 7. The van der Waals surface area contributed by atoms with Crippen LogP contribution in [0.2, 0.25) is 0 Å². The monoisotopic (exact) mass is 352 g/mol. The Morgan fingerprint density at radius 3 is 2.42 bits per heavy atom. The molecule has 0 fully saturated rings. The Balaban J connectivity index is 2.32. The summed E-state index contributed by atoms with van der Waals surface area (Å²) in [5, 5.41) is 11.0. The average Bonchev–Trinajstić information content (AvgIpc) is 2.54. The molecule has 24 heavy (non-hydrogen) atoms. The predicted molar refractivity (Wildman–Crippen MR) is 88.9 cm³/mol. The topological polar surface area (TPSA) is 108 Å². The van der Waals surface area contributed by atoms with Gasteiger partial charge in [-0.1, -0.05) is 24.3 Å². The first-order valence-electron chi connectivity index (χ1n) is 6.81. The van der Waals surface area contributed by atoms with Crippen molar-refractivity contribution in [3.8, 4) is 11.5 Å². The maximum atomic E-state index is 12.4. The molecule has 0 unspecified atom stereocenters. The molecular formula is C15H16N2O6S. The quantitative estimate of drug-likeness (QED) is 0.606. The van der Waals surface area contributed by atoms with Gasteiger partial charge in [0.15, 0.2) is 11.5 Å². The normalized spacial score (nSPS) is 10.9. The summed E-state index contributed by atoms with van der Waals surface area (Å²) in [7, 11) is -1.07. The molecule has 0 atom stereocenters. The van der Waals surface area contributed by atoms with Crippen molar-refractivity contribution in [2.45, 2.75) is 5.75 Å². The largest absolute Gasteiger partial charge is 0.493 e. The fraction of sp³-hybridized carbons (Fsp3) is 0.200. The van der Waals surface area contributed by atoms with Gasteiger partial charge >= 0.3 is 0 Å². The highest BCUT2D eigenvalue weighted by molar-refractivity contribution is 7.91. The van der Waals surface area contributed by atoms with Crippen LogP contribution in [-0.2, 0) is 15.8 Å². The van der Waals surface area contributed by atoms with E-state index in [1.54, 1.807) is 18.2 Å². The zero-order valence-electron chi connectivity index (χ0n) is 13.1. The van der Waals surface area contributed by atoms with Crippen molar-refractivity contribution < 1.29 is 22.8 Å². The average molecular weight is 352 g/mol. The SMILES string of the molecule is COc1cccc(NS(=O)(=O)Cc2ccccc2[N+](=O)[O-])c1OC. The number of para-hydroxylation sites is 2. The van der Waals surface area contributed by atoms with Crippen LogP contribution in [0.15, 0.2) is 42.5 Å². The molecule has 0 heterocycles. The van der Waals surface area contributed by atoms with E-state index in [2.05, 4.69) is 4.72 Å². The van der Waals surface area contributed by atoms with Crippen LogP contribution in [0.5, 0.6) is 11.5 Å². The van der Waals surface area contributed by atoms with Crippen molar-refractivity contribution in [3.05, 3.63) is 58.1 Å². The zero-order valence-corrected chi connectivity index (χ0v) is 13.9. The summed E-state index contributed by atoms with van der Waals surface area (Å²) >= 11 is 0. The number of nitrogens with one attached hydrogen (secondary N) is 1. The van der Waals surface area contributed by atoms with Crippen molar-refractivity contribution in [1.29, 1.82) is 0 Å². The number of nitro groups is 1. The van der Waals surface area contributed by atoms with Gasteiger partial charge in [0.25, 0.3) is 5.69 Å². The number of sulfonamides is 1. The molecule has 0 bridgehead atoms. The standard InChI is InChI=1S/C15H16N2O6S/c1-22-14-9-5-7-12(15(14)23-2)16-24(20,21)10-11-6-3-4-8-13(11)17(18)19/h3-9,16H,10H2,1-2H3. The minimum absolute atomic E-state index is 0.0943. The first-order valence-corrected chi connectivity index (χ1v) is 8.47. The lowest BCUT2D eigenvalue weighted by Gasteiger charge is -2.14. The molecule has 9 heteroatoms. The van der Waals surface area contributed by atoms with Gasteiger partial charge in [-0.3, -0.25) is 14.8 Å². The van der Waals surface area contributed by atoms with Crippen LogP contribution < -0.4 is 14.2 Å². The van der Waals surface area contributed by atoms with Crippen LogP contribution >= 0.6 is 0 Å². The maximum absolute atomic E-state index is 12.4. The lowest BCUT2D eigenvalue weighted by Crippen LogP contribution is -2.16. The fourth-order valence-electron chi connectivity index (χ4n) is 2.19. The van der Waals surface area contributed by atoms with E-state index in [9.17, 15) is 18.5 Å². The maximum Gasteiger partial charge on any atom is 0.273 e. The Morgan fingerprint density at radius 2 is 1.79 bits per heavy atom. The molecule has 1 N–H and O–H groups in total. The van der Waals surface area contributed by atoms with Crippen LogP contribution in [0.4, 0.5) is 11.4 Å². The zero-order chi connectivity index (χ0) is 17.7. The molecule has 0 aliphatic carbocycles. The molecule has 0 aliphatic heterocycles. The lowest BCUT2D eigenvalue weighted by molar-refractivity contribution is -0.385. The Kier molecular flexibility index (Phi) is 5.24. The smallest absolute Gasteiger partial charge is 0.273 e. The molecule has 0 spiro atoms. The van der Waals surface area contributed by atoms with E-state index in [0.717, 1.165) is 0 Å². The summed E-state index contributed by atoms with van der Waals surface area (Å²) in [6.45, 7) is 0. The third kappa shape index (κ3) is 3.93. The fourth-order valence-corrected chi connectivity index (χ4v) is 3.41. The van der Waals surface area contributed by atoms with Crippen molar-refractivity contribution >= 4 is 21.4 Å². The Bertz CT molecular complexity index is 851. The Morgan fingerprint density at radius 1 is 1.08 bits per heavy atom. The van der Waals surface area contributed by atoms with E-state index < -0.39 is 20.7 Å². The van der Waals surface area contributed by atoms with E-state index >= 15 is 0 Å². The number of hydrogen-bond donors (Lipinski definition) is 1. The lowest BCUT2D eigenvalue weighted by atomic mass is 10.2. The molecule has 2 aromatic carbocycles. The number of ether oxygens (including phenoxy) is 2. The van der Waals surface area contributed by atoms with E-state index in [1.165, 1.54) is 38.5 Å². The molecule has 0 amide bonds. The van der Waals surface area contributed by atoms with Crippen molar-refractivity contribution in [3.63, 3.8) is 0 Å². The highest BCUT2D eigenvalue weighted by atomic mass is 32.2. The third-order valence-electron chi connectivity index (χ3n) is 3.20. The molecule has 128 valence electrons. The second-order valence-electron chi connectivity index (χ2n) is 4.79. The number of nitrogens with zero attached hydrogens (tertiary/aromatic N) is 1. The van der Waals surface area contributed by atoms with Crippen LogP contribution in [0, 0.1) is 10.1 Å². The summed E-state index contributed by atoms with van der Waals surface area (Å²) < 4.78 is 37.4. The van der Waals surface area contributed by atoms with E-state index in [4.69, 9.17) is 9.47 Å².